The van der Waals surface area contributed by atoms with Crippen LogP contribution in [0, 0.1) is 5.92 Å². The second kappa shape index (κ2) is 18.8. The van der Waals surface area contributed by atoms with Gasteiger partial charge >= 0.3 is 0 Å². The molecule has 1 N–H and O–H groups in total. The topological polar surface area (TPSA) is 175 Å². The van der Waals surface area contributed by atoms with Crippen LogP contribution in [0.25, 0.3) is 44.6 Å². The van der Waals surface area contributed by atoms with Crippen molar-refractivity contribution in [2.45, 2.75) is 101 Å². The standard InChI is InChI=1S/C54H62N10O8/c1-30-19-61(20-31(2)72-30)51-41-11-14-44(56-49(41)57-53(59-51)63-37-7-8-38(63)27-68-26-37)33-6-16-46(67-4)35(18-33)24-71-48-36-21-62(22-47(48)70-25-36)52-42-12-13-43(32-5-15-45(66-3)34(17-32)23-65)55-50(42)58-54(60-52)64-39-9-10-40(64)29-69-28-39/h5-6,11-18,30-31,36-40,47-48,65H,7-10,19-29H2,1-4H3. The lowest BCUT2D eigenvalue weighted by atomic mass is 9.95. The number of aromatic nitrogens is 6. The summed E-state index contributed by atoms with van der Waals surface area (Å²) < 4.78 is 42.9. The normalized spacial score (nSPS) is 27.9. The minimum absolute atomic E-state index is 0.0763. The van der Waals surface area contributed by atoms with E-state index >= 15 is 0 Å². The maximum atomic E-state index is 10.1. The molecule has 9 atom stereocenters. The lowest BCUT2D eigenvalue weighted by molar-refractivity contribution is -0.0318. The number of morpholine rings is 3. The lowest BCUT2D eigenvalue weighted by Crippen LogP contribution is -2.50. The molecule has 376 valence electrons. The number of nitrogens with zero attached hydrogens (tertiary/aromatic N) is 10. The molecule has 11 heterocycles. The number of benzene rings is 2. The van der Waals surface area contributed by atoms with Gasteiger partial charge in [0.2, 0.25) is 11.9 Å². The average molecular weight is 979 g/mol. The maximum absolute atomic E-state index is 10.1. The molecule has 6 bridgehead atoms. The molecule has 0 saturated carbocycles. The van der Waals surface area contributed by atoms with E-state index < -0.39 is 0 Å². The molecule has 2 aromatic carbocycles. The molecule has 0 spiro atoms. The Bertz CT molecular complexity index is 2960. The van der Waals surface area contributed by atoms with Crippen molar-refractivity contribution in [1.29, 1.82) is 0 Å². The summed E-state index contributed by atoms with van der Waals surface area (Å²) in [7, 11) is 3.31. The summed E-state index contributed by atoms with van der Waals surface area (Å²) in [4.78, 5) is 40.9. The van der Waals surface area contributed by atoms with E-state index in [9.17, 15) is 5.11 Å². The first-order chi connectivity index (χ1) is 35.3. The van der Waals surface area contributed by atoms with Crippen LogP contribution in [0.1, 0.15) is 50.7 Å². The molecule has 7 fully saturated rings. The van der Waals surface area contributed by atoms with Crippen LogP contribution in [0.15, 0.2) is 60.7 Å². The highest BCUT2D eigenvalue weighted by Gasteiger charge is 2.46. The number of ether oxygens (including phenoxy) is 7. The molecule has 4 aromatic heterocycles. The fourth-order valence-electron chi connectivity index (χ4n) is 12.6. The quantitative estimate of drug-likeness (QED) is 0.152. The van der Waals surface area contributed by atoms with Crippen LogP contribution in [-0.4, -0.2) is 157 Å². The van der Waals surface area contributed by atoms with Crippen molar-refractivity contribution >= 4 is 45.6 Å². The number of pyridine rings is 2. The van der Waals surface area contributed by atoms with Gasteiger partial charge in [0.05, 0.1) is 125 Å². The molecule has 18 nitrogen and oxygen atoms in total. The summed E-state index contributed by atoms with van der Waals surface area (Å²) in [6, 6.07) is 21.2. The number of piperidine rings is 1. The molecule has 0 radical (unpaired) electrons. The Morgan fingerprint density at radius 1 is 0.583 bits per heavy atom. The first kappa shape index (κ1) is 45.8. The third-order valence-electron chi connectivity index (χ3n) is 16.0. The van der Waals surface area contributed by atoms with Crippen molar-refractivity contribution in [2.24, 2.45) is 5.92 Å². The molecular weight excluding hydrogens is 917 g/mol. The molecule has 72 heavy (non-hydrogen) atoms. The zero-order valence-corrected chi connectivity index (χ0v) is 41.4. The van der Waals surface area contributed by atoms with Gasteiger partial charge in [-0.15, -0.1) is 0 Å². The largest absolute Gasteiger partial charge is 0.496 e. The molecule has 6 aromatic rings. The van der Waals surface area contributed by atoms with E-state index in [0.717, 1.165) is 101 Å². The van der Waals surface area contributed by atoms with E-state index in [-0.39, 0.29) is 61.1 Å². The van der Waals surface area contributed by atoms with Gasteiger partial charge in [0.1, 0.15) is 29.2 Å². The monoisotopic (exact) mass is 978 g/mol. The molecule has 18 heteroatoms. The Hall–Kier alpha value is -6.02. The summed E-state index contributed by atoms with van der Waals surface area (Å²) >= 11 is 0. The average Bonchev–Trinajstić information content (AvgIpc) is 3.91. The fourth-order valence-corrected chi connectivity index (χ4v) is 12.6. The molecule has 13 rings (SSSR count). The smallest absolute Gasteiger partial charge is 0.230 e. The molecule has 0 amide bonds. The molecule has 9 unspecified atom stereocenters. The predicted octanol–water partition coefficient (Wildman–Crippen LogP) is 5.98. The van der Waals surface area contributed by atoms with Crippen LogP contribution >= 0.6 is 0 Å². The number of anilines is 4. The van der Waals surface area contributed by atoms with Gasteiger partial charge in [-0.25, -0.2) is 9.97 Å². The Morgan fingerprint density at radius 3 is 1.61 bits per heavy atom. The van der Waals surface area contributed by atoms with Crippen LogP contribution in [0.5, 0.6) is 11.5 Å². The van der Waals surface area contributed by atoms with Crippen LogP contribution in [0.3, 0.4) is 0 Å². The minimum Gasteiger partial charge on any atom is -0.496 e. The first-order valence-corrected chi connectivity index (χ1v) is 25.7. The predicted molar refractivity (Wildman–Crippen MR) is 271 cm³/mol. The molecule has 7 saturated heterocycles. The summed E-state index contributed by atoms with van der Waals surface area (Å²) in [6.07, 6.45) is 4.06. The Balaban J connectivity index is 0.777. The fraction of sp³-hybridized carbons (Fsp3) is 0.519. The van der Waals surface area contributed by atoms with Crippen molar-refractivity contribution < 1.29 is 38.3 Å². The zero-order chi connectivity index (χ0) is 48.6. The van der Waals surface area contributed by atoms with Gasteiger partial charge in [-0.2, -0.15) is 19.9 Å². The maximum Gasteiger partial charge on any atom is 0.230 e. The zero-order valence-electron chi connectivity index (χ0n) is 41.4. The highest BCUT2D eigenvalue weighted by atomic mass is 16.6. The van der Waals surface area contributed by atoms with Crippen molar-refractivity contribution in [2.75, 3.05) is 93.0 Å². The van der Waals surface area contributed by atoms with E-state index in [4.69, 9.17) is 63.1 Å². The molecule has 0 aliphatic carbocycles. The Labute approximate surface area is 418 Å². The van der Waals surface area contributed by atoms with Gasteiger partial charge in [-0.05, 0) is 100 Å². The van der Waals surface area contributed by atoms with Crippen LogP contribution in [-0.2, 0) is 36.9 Å². The summed E-state index contributed by atoms with van der Waals surface area (Å²) in [5.41, 5.74) is 6.31. The van der Waals surface area contributed by atoms with Gasteiger partial charge in [0, 0.05) is 54.4 Å². The van der Waals surface area contributed by atoms with Crippen molar-refractivity contribution in [3.05, 3.63) is 71.8 Å². The molecule has 7 aliphatic rings. The third kappa shape index (κ3) is 8.19. The highest BCUT2D eigenvalue weighted by molar-refractivity contribution is 5.91. The van der Waals surface area contributed by atoms with Crippen molar-refractivity contribution in [3.63, 3.8) is 0 Å². The van der Waals surface area contributed by atoms with E-state index in [1.165, 1.54) is 0 Å². The lowest BCUT2D eigenvalue weighted by Gasteiger charge is -2.38. The Kier molecular flexibility index (Phi) is 12.0. The van der Waals surface area contributed by atoms with E-state index in [1.807, 2.05) is 30.3 Å². The first-order valence-electron chi connectivity index (χ1n) is 25.7. The SMILES string of the molecule is COc1ccc(-c2ccc3c(N4CC5COC(C4)C5OCc4cc(-c5ccc6c(N7CC(C)OC(C)C7)nc(N7C8CCC7COC8)nc6n5)ccc4OC)nc(N4C5CCC4COC5)nc3n2)cc1CO. The van der Waals surface area contributed by atoms with Gasteiger partial charge in [-0.3, -0.25) is 0 Å². The van der Waals surface area contributed by atoms with Crippen LogP contribution < -0.4 is 29.1 Å². The number of aliphatic hydroxyl groups is 1. The van der Waals surface area contributed by atoms with Gasteiger partial charge < -0.3 is 57.9 Å². The molecule has 7 aliphatic heterocycles. The van der Waals surface area contributed by atoms with Gasteiger partial charge in [0.15, 0.2) is 11.3 Å². The highest BCUT2D eigenvalue weighted by Crippen LogP contribution is 2.41. The van der Waals surface area contributed by atoms with Gasteiger partial charge in [-0.1, -0.05) is 0 Å². The summed E-state index contributed by atoms with van der Waals surface area (Å²) in [5, 5.41) is 11.9. The van der Waals surface area contributed by atoms with E-state index in [1.54, 1.807) is 14.2 Å². The second-order valence-corrected chi connectivity index (χ2v) is 20.7. The number of aliphatic hydroxyl groups excluding tert-OH is 1. The van der Waals surface area contributed by atoms with Gasteiger partial charge in [0.25, 0.3) is 0 Å². The number of methoxy groups -OCH3 is 2. The Morgan fingerprint density at radius 2 is 1.10 bits per heavy atom. The van der Waals surface area contributed by atoms with Crippen LogP contribution in [0.2, 0.25) is 0 Å². The number of hydrogen-bond acceptors (Lipinski definition) is 18. The number of hydrogen-bond donors (Lipinski definition) is 1. The van der Waals surface area contributed by atoms with E-state index in [2.05, 4.69) is 63.8 Å². The van der Waals surface area contributed by atoms with E-state index in [0.29, 0.717) is 81.3 Å². The second-order valence-electron chi connectivity index (χ2n) is 20.7. The molecular formula is C54H62N10O8. The number of rotatable bonds is 12. The summed E-state index contributed by atoms with van der Waals surface area (Å²) in [6.45, 7) is 10.5. The third-order valence-corrected chi connectivity index (χ3v) is 16.0. The van der Waals surface area contributed by atoms with Crippen molar-refractivity contribution in [1.82, 2.24) is 29.9 Å². The van der Waals surface area contributed by atoms with Crippen LogP contribution in [0.4, 0.5) is 23.5 Å². The summed E-state index contributed by atoms with van der Waals surface area (Å²) in [5.74, 6) is 4.64. The van der Waals surface area contributed by atoms with Crippen molar-refractivity contribution in [3.8, 4) is 34.0 Å². The minimum atomic E-state index is -0.182. The number of fused-ring (bicyclic) bond motifs is 8.